The number of amides is 3. The maximum Gasteiger partial charge on any atom is 0.408 e. The average molecular weight is 504 g/mol. The van der Waals surface area contributed by atoms with Crippen LogP contribution in [0.2, 0.25) is 0 Å². The van der Waals surface area contributed by atoms with E-state index in [-0.39, 0.29) is 24.4 Å². The number of hydrogen-bond donors (Lipinski definition) is 2. The largest absolute Gasteiger partial charge is 0.444 e. The van der Waals surface area contributed by atoms with Gasteiger partial charge in [-0.25, -0.2) is 4.79 Å². The Morgan fingerprint density at radius 1 is 0.919 bits per heavy atom. The Labute approximate surface area is 219 Å². The summed E-state index contributed by atoms with van der Waals surface area (Å²) < 4.78 is 5.27. The van der Waals surface area contributed by atoms with E-state index < -0.39 is 17.7 Å². The fraction of sp³-hybridized carbons (Fsp3) is 0.367. The zero-order chi connectivity index (χ0) is 27.3. The van der Waals surface area contributed by atoms with Crippen LogP contribution in [-0.4, -0.2) is 41.0 Å². The number of rotatable bonds is 7. The summed E-state index contributed by atoms with van der Waals surface area (Å²) in [5.74, 6) is -0.721. The summed E-state index contributed by atoms with van der Waals surface area (Å²) in [6.07, 6.45) is -0.687. The summed E-state index contributed by atoms with van der Waals surface area (Å²) >= 11 is 0. The normalized spacial score (nSPS) is 12.2. The number of nitrogens with zero attached hydrogens (tertiary/aromatic N) is 1. The predicted molar refractivity (Wildman–Crippen MR) is 147 cm³/mol. The van der Waals surface area contributed by atoms with E-state index in [1.54, 1.807) is 20.8 Å². The lowest BCUT2D eigenvalue weighted by atomic mass is 9.96. The molecule has 0 heterocycles. The Morgan fingerprint density at radius 2 is 1.59 bits per heavy atom. The van der Waals surface area contributed by atoms with Crippen LogP contribution in [-0.2, 0) is 14.3 Å². The van der Waals surface area contributed by atoms with Gasteiger partial charge in [0.05, 0.1) is 0 Å². The third-order valence-electron chi connectivity index (χ3n) is 5.89. The predicted octanol–water partition coefficient (Wildman–Crippen LogP) is 5.90. The van der Waals surface area contributed by atoms with Crippen LogP contribution in [0.5, 0.6) is 0 Å². The lowest BCUT2D eigenvalue weighted by Crippen LogP contribution is -2.49. The van der Waals surface area contributed by atoms with Crippen LogP contribution in [0, 0.1) is 13.8 Å². The zero-order valence-corrected chi connectivity index (χ0v) is 22.7. The molecule has 196 valence electrons. The van der Waals surface area contributed by atoms with Gasteiger partial charge in [-0.05, 0) is 82.5 Å². The van der Waals surface area contributed by atoms with Crippen molar-refractivity contribution in [3.05, 3.63) is 77.4 Å². The quantitative estimate of drug-likeness (QED) is 0.420. The maximum atomic E-state index is 13.8. The first-order chi connectivity index (χ1) is 17.4. The molecular formula is C30H37N3O4. The molecule has 7 nitrogen and oxygen atoms in total. The van der Waals surface area contributed by atoms with E-state index in [0.29, 0.717) is 5.69 Å². The molecule has 3 aromatic carbocycles. The highest BCUT2D eigenvalue weighted by Crippen LogP contribution is 2.29. The number of hydrogen-bond acceptors (Lipinski definition) is 4. The average Bonchev–Trinajstić information content (AvgIpc) is 2.80. The smallest absolute Gasteiger partial charge is 0.408 e. The summed E-state index contributed by atoms with van der Waals surface area (Å²) in [5, 5.41) is 7.61. The Kier molecular flexibility index (Phi) is 8.58. The molecule has 0 aromatic heterocycles. The molecule has 3 amide bonds. The third-order valence-corrected chi connectivity index (χ3v) is 5.89. The number of fused-ring (bicyclic) bond motifs is 1. The molecule has 0 saturated heterocycles. The molecule has 0 aliphatic heterocycles. The van der Waals surface area contributed by atoms with Crippen molar-refractivity contribution in [2.45, 2.75) is 66.2 Å². The van der Waals surface area contributed by atoms with Gasteiger partial charge in [0.2, 0.25) is 5.91 Å². The van der Waals surface area contributed by atoms with Gasteiger partial charge in [0.1, 0.15) is 18.2 Å². The van der Waals surface area contributed by atoms with Crippen molar-refractivity contribution in [1.82, 2.24) is 10.2 Å². The molecule has 3 aromatic rings. The van der Waals surface area contributed by atoms with E-state index in [4.69, 9.17) is 4.74 Å². The number of aryl methyl sites for hydroxylation is 2. The van der Waals surface area contributed by atoms with Gasteiger partial charge in [0, 0.05) is 11.7 Å². The van der Waals surface area contributed by atoms with Gasteiger partial charge in [-0.15, -0.1) is 0 Å². The van der Waals surface area contributed by atoms with E-state index >= 15 is 0 Å². The highest BCUT2D eigenvalue weighted by atomic mass is 16.6. The molecule has 0 saturated carbocycles. The Hall–Kier alpha value is -3.87. The van der Waals surface area contributed by atoms with Gasteiger partial charge in [-0.2, -0.15) is 0 Å². The Bertz CT molecular complexity index is 1290. The van der Waals surface area contributed by atoms with E-state index in [0.717, 1.165) is 27.5 Å². The first-order valence-electron chi connectivity index (χ1n) is 12.5. The van der Waals surface area contributed by atoms with E-state index in [9.17, 15) is 14.4 Å². The fourth-order valence-electron chi connectivity index (χ4n) is 4.31. The van der Waals surface area contributed by atoms with Crippen molar-refractivity contribution in [1.29, 1.82) is 0 Å². The molecule has 0 aliphatic carbocycles. The van der Waals surface area contributed by atoms with Crippen LogP contribution >= 0.6 is 0 Å². The standard InChI is InChI=1S/C30H37N3O4/c1-19(2)33(26(34)18-31-29(36)37-30(5,6)7)27(25-15-12-20(3)16-21(25)4)28(35)32-24-14-13-22-10-8-9-11-23(22)17-24/h8-17,19,27H,18H2,1-7H3,(H,31,36)(H,32,35). The van der Waals surface area contributed by atoms with Gasteiger partial charge < -0.3 is 20.3 Å². The van der Waals surface area contributed by atoms with Crippen molar-refractivity contribution in [2.24, 2.45) is 0 Å². The van der Waals surface area contributed by atoms with Gasteiger partial charge in [-0.1, -0.05) is 54.1 Å². The van der Waals surface area contributed by atoms with Crippen LogP contribution in [0.3, 0.4) is 0 Å². The first-order valence-corrected chi connectivity index (χ1v) is 12.5. The number of carbonyl (C=O) groups excluding carboxylic acids is 3. The van der Waals surface area contributed by atoms with Crippen LogP contribution in [0.4, 0.5) is 10.5 Å². The van der Waals surface area contributed by atoms with Crippen LogP contribution in [0.1, 0.15) is 57.4 Å². The van der Waals surface area contributed by atoms with E-state index in [2.05, 4.69) is 10.6 Å². The zero-order valence-electron chi connectivity index (χ0n) is 22.7. The third kappa shape index (κ3) is 7.32. The summed E-state index contributed by atoms with van der Waals surface area (Å²) in [7, 11) is 0. The van der Waals surface area contributed by atoms with Gasteiger partial charge in [0.15, 0.2) is 0 Å². The molecule has 7 heteroatoms. The minimum absolute atomic E-state index is 0.294. The number of nitrogens with one attached hydrogen (secondary N) is 2. The molecule has 0 radical (unpaired) electrons. The number of benzene rings is 3. The Morgan fingerprint density at radius 3 is 2.22 bits per heavy atom. The highest BCUT2D eigenvalue weighted by Gasteiger charge is 2.34. The van der Waals surface area contributed by atoms with Crippen molar-refractivity contribution < 1.29 is 19.1 Å². The number of ether oxygens (including phenoxy) is 1. The Balaban J connectivity index is 1.94. The minimum atomic E-state index is -0.903. The van der Waals surface area contributed by atoms with E-state index in [1.165, 1.54) is 4.90 Å². The van der Waals surface area contributed by atoms with Crippen LogP contribution in [0.15, 0.2) is 60.7 Å². The van der Waals surface area contributed by atoms with Gasteiger partial charge in [-0.3, -0.25) is 9.59 Å². The second kappa shape index (κ2) is 11.5. The fourth-order valence-corrected chi connectivity index (χ4v) is 4.31. The van der Waals surface area contributed by atoms with Crippen LogP contribution < -0.4 is 10.6 Å². The van der Waals surface area contributed by atoms with Crippen molar-refractivity contribution in [3.8, 4) is 0 Å². The maximum absolute atomic E-state index is 13.8. The minimum Gasteiger partial charge on any atom is -0.444 e. The van der Waals surface area contributed by atoms with Crippen molar-refractivity contribution >= 4 is 34.4 Å². The molecule has 0 spiro atoms. The summed E-state index contributed by atoms with van der Waals surface area (Å²) in [6, 6.07) is 18.2. The molecule has 1 unspecified atom stereocenters. The molecule has 0 fully saturated rings. The second-order valence-corrected chi connectivity index (χ2v) is 10.6. The molecular weight excluding hydrogens is 466 g/mol. The molecule has 1 atom stereocenters. The second-order valence-electron chi connectivity index (χ2n) is 10.6. The molecule has 2 N–H and O–H groups in total. The molecule has 3 rings (SSSR count). The lowest BCUT2D eigenvalue weighted by molar-refractivity contribution is -0.140. The van der Waals surface area contributed by atoms with E-state index in [1.807, 2.05) is 88.4 Å². The summed E-state index contributed by atoms with van der Waals surface area (Å²) in [5.41, 5.74) is 2.64. The molecule has 0 aliphatic rings. The number of carbonyl (C=O) groups is 3. The SMILES string of the molecule is Cc1ccc(C(C(=O)Nc2ccc3ccccc3c2)N(C(=O)CNC(=O)OC(C)(C)C)C(C)C)c(C)c1. The molecule has 37 heavy (non-hydrogen) atoms. The first kappa shape index (κ1) is 27.7. The summed E-state index contributed by atoms with van der Waals surface area (Å²) in [6.45, 7) is 12.6. The van der Waals surface area contributed by atoms with Crippen molar-refractivity contribution in [2.75, 3.05) is 11.9 Å². The molecule has 0 bridgehead atoms. The topological polar surface area (TPSA) is 87.7 Å². The van der Waals surface area contributed by atoms with Crippen molar-refractivity contribution in [3.63, 3.8) is 0 Å². The number of alkyl carbamates (subject to hydrolysis) is 1. The van der Waals surface area contributed by atoms with Crippen LogP contribution in [0.25, 0.3) is 10.8 Å². The number of anilines is 1. The highest BCUT2D eigenvalue weighted by molar-refractivity contribution is 6.00. The van der Waals surface area contributed by atoms with Gasteiger partial charge >= 0.3 is 6.09 Å². The van der Waals surface area contributed by atoms with Gasteiger partial charge in [0.25, 0.3) is 5.91 Å². The monoisotopic (exact) mass is 503 g/mol. The summed E-state index contributed by atoms with van der Waals surface area (Å²) in [4.78, 5) is 41.0. The lowest BCUT2D eigenvalue weighted by Gasteiger charge is -2.35.